The molecule has 3 atom stereocenters. The molecule has 2 aliphatic heterocycles. The molecule has 47 heavy (non-hydrogen) atoms. The molecule has 2 fully saturated rings. The molecule has 1 aromatic heterocycles. The van der Waals surface area contributed by atoms with Gasteiger partial charge in [0.15, 0.2) is 10.8 Å². The van der Waals surface area contributed by atoms with Crippen LogP contribution in [0.3, 0.4) is 0 Å². The predicted molar refractivity (Wildman–Crippen MR) is 169 cm³/mol. The third-order valence-corrected chi connectivity index (χ3v) is 8.65. The molecule has 0 unspecified atom stereocenters. The smallest absolute Gasteiger partial charge is 0.418 e. The Bertz CT molecular complexity index is 1650. The number of carbonyl (C=O) groups is 3. The van der Waals surface area contributed by atoms with Crippen molar-refractivity contribution in [2.75, 3.05) is 25.4 Å². The van der Waals surface area contributed by atoms with Crippen LogP contribution in [0.2, 0.25) is 0 Å². The summed E-state index contributed by atoms with van der Waals surface area (Å²) < 4.78 is 41.2. The van der Waals surface area contributed by atoms with Gasteiger partial charge in [0, 0.05) is 17.0 Å². The number of hydrogen-bond donors (Lipinski definition) is 6. The molecule has 0 bridgehead atoms. The van der Waals surface area contributed by atoms with E-state index in [4.69, 9.17) is 25.6 Å². The largest absolute Gasteiger partial charge is 0.489 e. The molecule has 4 rings (SSSR count). The van der Waals surface area contributed by atoms with Crippen molar-refractivity contribution < 1.29 is 46.3 Å². The van der Waals surface area contributed by atoms with E-state index in [1.54, 1.807) is 31.2 Å². The van der Waals surface area contributed by atoms with Gasteiger partial charge in [0.1, 0.15) is 29.9 Å². The van der Waals surface area contributed by atoms with E-state index in [0.29, 0.717) is 33.5 Å². The SMILES string of the molecule is CCc1sc(N)nc1/C(=N/O[C@@H](COc1ccc(C(N)=N[C@@H]2CCCNC2)cc1)C(=O)O)C(=O)N[C@@H]1C(=O)N(OS(=O)(=O)O)C1(C)C. The number of hydroxylamine groups is 2. The number of anilines is 1. The van der Waals surface area contributed by atoms with Crippen molar-refractivity contribution in [2.45, 2.75) is 63.8 Å². The third kappa shape index (κ3) is 8.71. The second kappa shape index (κ2) is 14.6. The van der Waals surface area contributed by atoms with Crippen LogP contribution in [0.5, 0.6) is 5.75 Å². The number of nitrogens with one attached hydrogen (secondary N) is 2. The number of nitrogens with zero attached hydrogens (tertiary/aromatic N) is 4. The lowest BCUT2D eigenvalue weighted by Crippen LogP contribution is -2.76. The number of hydrogen-bond acceptors (Lipinski definition) is 14. The number of carbonyl (C=O) groups excluding carboxylic acids is 2. The van der Waals surface area contributed by atoms with Gasteiger partial charge in [-0.3, -0.25) is 19.1 Å². The number of aliphatic carboxylic acids is 1. The predicted octanol–water partition coefficient (Wildman–Crippen LogP) is -0.162. The molecule has 3 heterocycles. The van der Waals surface area contributed by atoms with Crippen molar-refractivity contribution in [2.24, 2.45) is 15.9 Å². The Morgan fingerprint density at radius 3 is 2.57 bits per heavy atom. The topological polar surface area (TPSA) is 270 Å². The summed E-state index contributed by atoms with van der Waals surface area (Å²) in [5.41, 5.74) is 10.8. The zero-order valence-corrected chi connectivity index (χ0v) is 27.3. The minimum Gasteiger partial charge on any atom is -0.489 e. The number of carboxylic acids is 1. The highest BCUT2D eigenvalue weighted by Gasteiger charge is 2.58. The average Bonchev–Trinajstić information content (AvgIpc) is 3.40. The van der Waals surface area contributed by atoms with E-state index in [2.05, 4.69) is 30.0 Å². The number of thiazole rings is 1. The lowest BCUT2D eigenvalue weighted by atomic mass is 9.84. The fourth-order valence-electron chi connectivity index (χ4n) is 4.78. The molecular formula is C27H36N8O10S2. The van der Waals surface area contributed by atoms with Crippen LogP contribution < -0.4 is 26.8 Å². The minimum atomic E-state index is -5.02. The molecule has 2 aliphatic rings. The summed E-state index contributed by atoms with van der Waals surface area (Å²) in [5, 5.41) is 19.8. The summed E-state index contributed by atoms with van der Waals surface area (Å²) in [6.07, 6.45) is 0.633. The maximum atomic E-state index is 13.4. The number of amides is 2. The Hall–Kier alpha value is -4.37. The van der Waals surface area contributed by atoms with Crippen molar-refractivity contribution in [1.82, 2.24) is 20.7 Å². The first-order valence-electron chi connectivity index (χ1n) is 14.4. The number of ether oxygens (including phenoxy) is 1. The van der Waals surface area contributed by atoms with Gasteiger partial charge in [-0.05, 0) is 63.9 Å². The quantitative estimate of drug-likeness (QED) is 0.0493. The molecule has 8 N–H and O–H groups in total. The zero-order valence-electron chi connectivity index (χ0n) is 25.7. The molecule has 0 saturated carbocycles. The zero-order chi connectivity index (χ0) is 34.5. The van der Waals surface area contributed by atoms with Crippen LogP contribution in [0.1, 0.15) is 49.7 Å². The Kier molecular flexibility index (Phi) is 11.0. The number of amidine groups is 1. The van der Waals surface area contributed by atoms with Crippen LogP contribution in [-0.4, -0.2) is 101 Å². The Morgan fingerprint density at radius 1 is 1.30 bits per heavy atom. The fourth-order valence-corrected chi connectivity index (χ4v) is 6.00. The minimum absolute atomic E-state index is 0.00738. The molecule has 2 saturated heterocycles. The molecule has 2 aromatic rings. The van der Waals surface area contributed by atoms with Gasteiger partial charge in [0.25, 0.3) is 17.9 Å². The third-order valence-electron chi connectivity index (χ3n) is 7.29. The normalized spacial score (nSPS) is 20.7. The van der Waals surface area contributed by atoms with Crippen LogP contribution in [-0.2, 0) is 40.3 Å². The van der Waals surface area contributed by atoms with Crippen LogP contribution in [0.4, 0.5) is 5.13 Å². The second-order valence-corrected chi connectivity index (χ2v) is 13.2. The first-order valence-corrected chi connectivity index (χ1v) is 16.6. The Morgan fingerprint density at radius 2 is 2.00 bits per heavy atom. The van der Waals surface area contributed by atoms with Gasteiger partial charge in [-0.2, -0.15) is 13.5 Å². The van der Waals surface area contributed by atoms with Crippen molar-refractivity contribution in [1.29, 1.82) is 0 Å². The van der Waals surface area contributed by atoms with Crippen LogP contribution in [0.25, 0.3) is 0 Å². The van der Waals surface area contributed by atoms with Gasteiger partial charge in [-0.1, -0.05) is 12.1 Å². The number of aliphatic imine (C=N–C) groups is 1. The van der Waals surface area contributed by atoms with E-state index >= 15 is 0 Å². The number of rotatable bonds is 14. The van der Waals surface area contributed by atoms with Gasteiger partial charge >= 0.3 is 16.4 Å². The number of piperidine rings is 1. The maximum Gasteiger partial charge on any atom is 0.418 e. The van der Waals surface area contributed by atoms with Crippen LogP contribution >= 0.6 is 11.3 Å². The van der Waals surface area contributed by atoms with E-state index in [0.717, 1.165) is 37.3 Å². The maximum absolute atomic E-state index is 13.4. The molecule has 0 radical (unpaired) electrons. The Labute approximate surface area is 274 Å². The number of aryl methyl sites for hydroxylation is 1. The molecule has 20 heteroatoms. The molecule has 0 aliphatic carbocycles. The lowest BCUT2D eigenvalue weighted by molar-refractivity contribution is -0.218. The number of benzene rings is 1. The molecule has 18 nitrogen and oxygen atoms in total. The van der Waals surface area contributed by atoms with E-state index in [-0.39, 0.29) is 16.9 Å². The van der Waals surface area contributed by atoms with Crippen molar-refractivity contribution in [3.8, 4) is 5.75 Å². The summed E-state index contributed by atoms with van der Waals surface area (Å²) in [6.45, 7) is 5.70. The standard InChI is InChI=1S/C27H36N8O10S2/c1-4-18-19(32-26(29)46-18)20(23(36)33-21-24(37)35(27(21,2)3)45-47(40,41)42)34-44-17(25(38)39)13-43-16-9-7-14(8-10-16)22(28)31-15-6-5-11-30-12-15/h7-10,15,17,21,30H,4-6,11-13H2,1-3H3,(H2,28,31)(H2,29,32)(H,33,36)(H,38,39)(H,40,41,42)/b34-20-/t15-,17+,21-/m1/s1. The first-order chi connectivity index (χ1) is 22.1. The Balaban J connectivity index is 1.48. The van der Waals surface area contributed by atoms with Crippen LogP contribution in [0.15, 0.2) is 34.4 Å². The molecule has 1 aromatic carbocycles. The lowest BCUT2D eigenvalue weighted by Gasteiger charge is -2.50. The van der Waals surface area contributed by atoms with Crippen LogP contribution in [0, 0.1) is 0 Å². The summed E-state index contributed by atoms with van der Waals surface area (Å²) in [5.74, 6) is -2.77. The highest BCUT2D eigenvalue weighted by atomic mass is 32.3. The van der Waals surface area contributed by atoms with Gasteiger partial charge in [0.05, 0.1) is 11.6 Å². The molecule has 2 amide bonds. The van der Waals surface area contributed by atoms with E-state index in [9.17, 15) is 27.9 Å². The first kappa shape index (κ1) is 35.5. The average molecular weight is 697 g/mol. The number of aromatic nitrogens is 1. The number of nitrogen functional groups attached to an aromatic ring is 1. The van der Waals surface area contributed by atoms with Crippen molar-refractivity contribution in [3.63, 3.8) is 0 Å². The van der Waals surface area contributed by atoms with Crippen molar-refractivity contribution in [3.05, 3.63) is 40.4 Å². The van der Waals surface area contributed by atoms with E-state index < -0.39 is 58.2 Å². The molecule has 256 valence electrons. The van der Waals surface area contributed by atoms with Crippen molar-refractivity contribution >= 4 is 56.2 Å². The van der Waals surface area contributed by atoms with Gasteiger partial charge < -0.3 is 36.8 Å². The highest BCUT2D eigenvalue weighted by molar-refractivity contribution is 7.80. The number of carboxylic acid groups (broad SMARTS) is 1. The monoisotopic (exact) mass is 696 g/mol. The van der Waals surface area contributed by atoms with Gasteiger partial charge in [-0.15, -0.1) is 15.6 Å². The van der Waals surface area contributed by atoms with Gasteiger partial charge in [-0.25, -0.2) is 9.78 Å². The number of β-lactam (4-membered cyclic amide) rings is 1. The molecular weight excluding hydrogens is 660 g/mol. The summed E-state index contributed by atoms with van der Waals surface area (Å²) in [7, 11) is -5.02. The highest BCUT2D eigenvalue weighted by Crippen LogP contribution is 2.33. The number of oxime groups is 1. The summed E-state index contributed by atoms with van der Waals surface area (Å²) in [4.78, 5) is 52.5. The summed E-state index contributed by atoms with van der Waals surface area (Å²) in [6, 6.07) is 5.32. The van der Waals surface area contributed by atoms with Gasteiger partial charge in [0.2, 0.25) is 0 Å². The summed E-state index contributed by atoms with van der Waals surface area (Å²) >= 11 is 1.07. The fraction of sp³-hybridized carbons (Fsp3) is 0.481. The van der Waals surface area contributed by atoms with E-state index in [1.807, 2.05) is 0 Å². The molecule has 0 spiro atoms. The van der Waals surface area contributed by atoms with E-state index in [1.165, 1.54) is 13.8 Å². The number of nitrogens with two attached hydrogens (primary N) is 2. The second-order valence-electron chi connectivity index (χ2n) is 11.1.